The Morgan fingerprint density at radius 1 is 1.33 bits per heavy atom. The largest absolute Gasteiger partial charge is 0.396 e. The van der Waals surface area contributed by atoms with Crippen LogP contribution in [0.15, 0.2) is 29.2 Å². The Morgan fingerprint density at radius 3 is 2.60 bits per heavy atom. The molecule has 0 aliphatic heterocycles. The predicted molar refractivity (Wildman–Crippen MR) is 66.0 cm³/mol. The van der Waals surface area contributed by atoms with Crippen molar-refractivity contribution in [2.24, 2.45) is 11.7 Å². The summed E-state index contributed by atoms with van der Waals surface area (Å²) in [6.45, 7) is 4.28. The van der Waals surface area contributed by atoms with Crippen LogP contribution in [0.25, 0.3) is 0 Å². The van der Waals surface area contributed by atoms with E-state index in [4.69, 9.17) is 10.8 Å². The molecule has 0 radical (unpaired) electrons. The molecule has 0 spiro atoms. The molecule has 3 heteroatoms. The lowest BCUT2D eigenvalue weighted by molar-refractivity contribution is 0.250. The standard InChI is InChI=1S/C12H19NOS/c1-9(7-14)8-15-12-6-4-3-5-11(12)10(2)13/h3-6,9-10,14H,7-8,13H2,1-2H3/t9?,10-/m0/s1. The predicted octanol–water partition coefficient (Wildman–Crippen LogP) is 2.43. The molecule has 0 bridgehead atoms. The minimum atomic E-state index is 0.0677. The number of thioether (sulfide) groups is 1. The Labute approximate surface area is 95.9 Å². The molecule has 15 heavy (non-hydrogen) atoms. The van der Waals surface area contributed by atoms with Gasteiger partial charge in [-0.2, -0.15) is 0 Å². The third-order valence-corrected chi connectivity index (χ3v) is 3.66. The number of aliphatic hydroxyl groups excluding tert-OH is 1. The van der Waals surface area contributed by atoms with Gasteiger partial charge in [0, 0.05) is 23.3 Å². The van der Waals surface area contributed by atoms with Crippen LogP contribution in [-0.2, 0) is 0 Å². The molecule has 2 nitrogen and oxygen atoms in total. The van der Waals surface area contributed by atoms with Crippen molar-refractivity contribution in [2.75, 3.05) is 12.4 Å². The number of nitrogens with two attached hydrogens (primary N) is 1. The first kappa shape index (κ1) is 12.6. The van der Waals surface area contributed by atoms with Crippen molar-refractivity contribution < 1.29 is 5.11 Å². The van der Waals surface area contributed by atoms with Gasteiger partial charge < -0.3 is 10.8 Å². The van der Waals surface area contributed by atoms with Gasteiger partial charge in [0.1, 0.15) is 0 Å². The quantitative estimate of drug-likeness (QED) is 0.757. The highest BCUT2D eigenvalue weighted by Gasteiger charge is 2.08. The Kier molecular flexibility index (Phi) is 5.15. The SMILES string of the molecule is CC(CO)CSc1ccccc1[C@H](C)N. The number of benzene rings is 1. The van der Waals surface area contributed by atoms with Crippen LogP contribution in [0.1, 0.15) is 25.5 Å². The van der Waals surface area contributed by atoms with Crippen LogP contribution < -0.4 is 5.73 Å². The summed E-state index contributed by atoms with van der Waals surface area (Å²) >= 11 is 1.77. The van der Waals surface area contributed by atoms with Gasteiger partial charge in [0.05, 0.1) is 0 Å². The second-order valence-corrected chi connectivity index (χ2v) is 4.99. The normalized spacial score (nSPS) is 14.9. The fraction of sp³-hybridized carbons (Fsp3) is 0.500. The lowest BCUT2D eigenvalue weighted by Gasteiger charge is -2.13. The molecule has 0 saturated carbocycles. The monoisotopic (exact) mass is 225 g/mol. The van der Waals surface area contributed by atoms with Crippen LogP contribution in [0.3, 0.4) is 0 Å². The zero-order valence-corrected chi connectivity index (χ0v) is 10.1. The summed E-state index contributed by atoms with van der Waals surface area (Å²) in [5.74, 6) is 1.26. The minimum absolute atomic E-state index is 0.0677. The third kappa shape index (κ3) is 3.86. The maximum atomic E-state index is 8.95. The summed E-state index contributed by atoms with van der Waals surface area (Å²) in [7, 11) is 0. The van der Waals surface area contributed by atoms with E-state index in [-0.39, 0.29) is 12.6 Å². The van der Waals surface area contributed by atoms with Crippen LogP contribution in [-0.4, -0.2) is 17.5 Å². The van der Waals surface area contributed by atoms with E-state index in [0.29, 0.717) is 5.92 Å². The van der Waals surface area contributed by atoms with E-state index in [1.807, 2.05) is 26.0 Å². The summed E-state index contributed by atoms with van der Waals surface area (Å²) < 4.78 is 0. The Balaban J connectivity index is 2.67. The fourth-order valence-electron chi connectivity index (χ4n) is 1.27. The first-order valence-electron chi connectivity index (χ1n) is 5.23. The molecule has 0 amide bonds. The Hall–Kier alpha value is -0.510. The van der Waals surface area contributed by atoms with Crippen molar-refractivity contribution in [1.29, 1.82) is 0 Å². The van der Waals surface area contributed by atoms with E-state index in [0.717, 1.165) is 5.75 Å². The average molecular weight is 225 g/mol. The van der Waals surface area contributed by atoms with Crippen molar-refractivity contribution in [3.05, 3.63) is 29.8 Å². The molecule has 2 atom stereocenters. The number of hydrogen-bond acceptors (Lipinski definition) is 3. The van der Waals surface area contributed by atoms with Crippen LogP contribution in [0.5, 0.6) is 0 Å². The van der Waals surface area contributed by atoms with E-state index in [9.17, 15) is 0 Å². The molecule has 1 aromatic rings. The third-order valence-electron chi connectivity index (χ3n) is 2.24. The number of rotatable bonds is 5. The van der Waals surface area contributed by atoms with Crippen LogP contribution >= 0.6 is 11.8 Å². The van der Waals surface area contributed by atoms with Gasteiger partial charge in [-0.25, -0.2) is 0 Å². The maximum absolute atomic E-state index is 8.95. The van der Waals surface area contributed by atoms with Crippen molar-refractivity contribution in [3.63, 3.8) is 0 Å². The van der Waals surface area contributed by atoms with Crippen molar-refractivity contribution in [2.45, 2.75) is 24.8 Å². The van der Waals surface area contributed by atoms with Crippen LogP contribution in [0.2, 0.25) is 0 Å². The molecule has 84 valence electrons. The van der Waals surface area contributed by atoms with Crippen molar-refractivity contribution in [1.82, 2.24) is 0 Å². The smallest absolute Gasteiger partial charge is 0.0464 e. The van der Waals surface area contributed by atoms with Gasteiger partial charge in [0.2, 0.25) is 0 Å². The molecule has 0 fully saturated rings. The van der Waals surface area contributed by atoms with Crippen molar-refractivity contribution in [3.8, 4) is 0 Å². The molecule has 0 aromatic heterocycles. The average Bonchev–Trinajstić information content (AvgIpc) is 2.26. The molecular formula is C12H19NOS. The summed E-state index contributed by atoms with van der Waals surface area (Å²) in [6, 6.07) is 8.26. The zero-order chi connectivity index (χ0) is 11.3. The molecule has 0 aliphatic rings. The summed E-state index contributed by atoms with van der Waals surface area (Å²) in [6.07, 6.45) is 0. The fourth-order valence-corrected chi connectivity index (χ4v) is 2.44. The van der Waals surface area contributed by atoms with Gasteiger partial charge in [0.15, 0.2) is 0 Å². The highest BCUT2D eigenvalue weighted by atomic mass is 32.2. The molecule has 1 unspecified atom stereocenters. The van der Waals surface area contributed by atoms with Crippen LogP contribution in [0.4, 0.5) is 0 Å². The molecule has 0 aliphatic carbocycles. The van der Waals surface area contributed by atoms with E-state index in [2.05, 4.69) is 12.1 Å². The minimum Gasteiger partial charge on any atom is -0.396 e. The first-order chi connectivity index (χ1) is 7.15. The topological polar surface area (TPSA) is 46.2 Å². The number of aliphatic hydroxyl groups is 1. The zero-order valence-electron chi connectivity index (χ0n) is 9.31. The number of hydrogen-bond donors (Lipinski definition) is 2. The molecule has 1 aromatic carbocycles. The molecule has 3 N–H and O–H groups in total. The second-order valence-electron chi connectivity index (χ2n) is 3.93. The Bertz CT molecular complexity index is 301. The molecule has 0 saturated heterocycles. The van der Waals surface area contributed by atoms with Gasteiger partial charge >= 0.3 is 0 Å². The van der Waals surface area contributed by atoms with Gasteiger partial charge in [-0.3, -0.25) is 0 Å². The van der Waals surface area contributed by atoms with E-state index >= 15 is 0 Å². The highest BCUT2D eigenvalue weighted by Crippen LogP contribution is 2.27. The van der Waals surface area contributed by atoms with Gasteiger partial charge in [-0.05, 0) is 24.5 Å². The lowest BCUT2D eigenvalue weighted by Crippen LogP contribution is -2.08. The molecule has 0 heterocycles. The Morgan fingerprint density at radius 2 is 2.00 bits per heavy atom. The summed E-state index contributed by atoms with van der Waals surface area (Å²) in [4.78, 5) is 1.23. The molecule has 1 rings (SSSR count). The van der Waals surface area contributed by atoms with Gasteiger partial charge in [-0.1, -0.05) is 25.1 Å². The lowest BCUT2D eigenvalue weighted by atomic mass is 10.1. The van der Waals surface area contributed by atoms with Crippen molar-refractivity contribution >= 4 is 11.8 Å². The summed E-state index contributed by atoms with van der Waals surface area (Å²) in [5, 5.41) is 8.95. The maximum Gasteiger partial charge on any atom is 0.0464 e. The van der Waals surface area contributed by atoms with Gasteiger partial charge in [-0.15, -0.1) is 11.8 Å². The van der Waals surface area contributed by atoms with E-state index < -0.39 is 0 Å². The van der Waals surface area contributed by atoms with E-state index in [1.54, 1.807) is 11.8 Å². The van der Waals surface area contributed by atoms with Crippen LogP contribution in [0, 0.1) is 5.92 Å². The highest BCUT2D eigenvalue weighted by molar-refractivity contribution is 7.99. The van der Waals surface area contributed by atoms with E-state index in [1.165, 1.54) is 10.5 Å². The molecular weight excluding hydrogens is 206 g/mol. The second kappa shape index (κ2) is 6.16. The first-order valence-corrected chi connectivity index (χ1v) is 6.22. The van der Waals surface area contributed by atoms with Gasteiger partial charge in [0.25, 0.3) is 0 Å². The summed E-state index contributed by atoms with van der Waals surface area (Å²) in [5.41, 5.74) is 7.08.